The molecule has 2 aromatic rings. The van der Waals surface area contributed by atoms with Gasteiger partial charge in [0.15, 0.2) is 17.2 Å². The molecule has 6 heteroatoms. The molecule has 0 aliphatic rings. The van der Waals surface area contributed by atoms with Gasteiger partial charge in [-0.25, -0.2) is 14.2 Å². The van der Waals surface area contributed by atoms with Crippen LogP contribution in [0.1, 0.15) is 10.5 Å². The lowest BCUT2D eigenvalue weighted by Crippen LogP contribution is -2.00. The van der Waals surface area contributed by atoms with E-state index >= 15 is 0 Å². The zero-order chi connectivity index (χ0) is 11.0. The highest BCUT2D eigenvalue weighted by atomic mass is 79.9. The van der Waals surface area contributed by atoms with Crippen molar-refractivity contribution in [1.82, 2.24) is 9.38 Å². The van der Waals surface area contributed by atoms with E-state index in [0.717, 1.165) is 0 Å². The Morgan fingerprint density at radius 1 is 1.60 bits per heavy atom. The van der Waals surface area contributed by atoms with Crippen molar-refractivity contribution in [3.8, 4) is 0 Å². The average Bonchev–Trinajstić information content (AvgIpc) is 2.60. The van der Waals surface area contributed by atoms with E-state index in [9.17, 15) is 9.18 Å². The molecule has 0 saturated carbocycles. The predicted octanol–water partition coefficient (Wildman–Crippen LogP) is 2.02. The monoisotopic (exact) mass is 272 g/mol. The highest BCUT2D eigenvalue weighted by molar-refractivity contribution is 9.10. The number of fused-ring (bicyclic) bond motifs is 1. The molecule has 0 unspecified atom stereocenters. The average molecular weight is 273 g/mol. The number of imidazole rings is 1. The second kappa shape index (κ2) is 3.62. The van der Waals surface area contributed by atoms with E-state index in [4.69, 9.17) is 0 Å². The Labute approximate surface area is 92.8 Å². The number of pyridine rings is 1. The molecule has 2 aromatic heterocycles. The van der Waals surface area contributed by atoms with Crippen molar-refractivity contribution in [3.63, 3.8) is 0 Å². The van der Waals surface area contributed by atoms with E-state index in [-0.39, 0.29) is 11.3 Å². The quantitative estimate of drug-likeness (QED) is 0.746. The fourth-order valence-electron chi connectivity index (χ4n) is 1.23. The molecule has 0 N–H and O–H groups in total. The van der Waals surface area contributed by atoms with E-state index in [0.29, 0.717) is 4.47 Å². The van der Waals surface area contributed by atoms with Gasteiger partial charge in [-0.1, -0.05) is 0 Å². The van der Waals surface area contributed by atoms with Crippen molar-refractivity contribution < 1.29 is 13.9 Å². The summed E-state index contributed by atoms with van der Waals surface area (Å²) in [5.74, 6) is -1.09. The lowest BCUT2D eigenvalue weighted by atomic mass is 10.4. The number of hydrogen-bond acceptors (Lipinski definition) is 3. The number of aromatic nitrogens is 2. The maximum atomic E-state index is 13.4. The topological polar surface area (TPSA) is 43.6 Å². The highest BCUT2D eigenvalue weighted by Gasteiger charge is 2.13. The molecule has 0 spiro atoms. The van der Waals surface area contributed by atoms with E-state index in [1.807, 2.05) is 0 Å². The Balaban J connectivity index is 2.65. The lowest BCUT2D eigenvalue weighted by Gasteiger charge is -1.94. The number of rotatable bonds is 1. The van der Waals surface area contributed by atoms with Crippen LogP contribution in [0.3, 0.4) is 0 Å². The van der Waals surface area contributed by atoms with E-state index < -0.39 is 11.8 Å². The molecule has 0 bridgehead atoms. The van der Waals surface area contributed by atoms with Gasteiger partial charge in [-0.3, -0.25) is 0 Å². The number of nitrogens with zero attached hydrogens (tertiary/aromatic N) is 2. The highest BCUT2D eigenvalue weighted by Crippen LogP contribution is 2.16. The van der Waals surface area contributed by atoms with Gasteiger partial charge in [0.25, 0.3) is 0 Å². The third kappa shape index (κ3) is 1.72. The van der Waals surface area contributed by atoms with Crippen molar-refractivity contribution in [1.29, 1.82) is 0 Å². The first-order chi connectivity index (χ1) is 7.11. The van der Waals surface area contributed by atoms with Crippen LogP contribution in [-0.4, -0.2) is 22.5 Å². The number of methoxy groups -OCH3 is 1. The number of hydrogen-bond donors (Lipinski definition) is 0. The minimum atomic E-state index is -0.589. The lowest BCUT2D eigenvalue weighted by molar-refractivity contribution is 0.0595. The first-order valence-electron chi connectivity index (χ1n) is 4.04. The molecule has 0 atom stereocenters. The first-order valence-corrected chi connectivity index (χ1v) is 4.83. The predicted molar refractivity (Wildman–Crippen MR) is 54.2 cm³/mol. The Morgan fingerprint density at radius 3 is 3.00 bits per heavy atom. The van der Waals surface area contributed by atoms with Crippen LogP contribution >= 0.6 is 15.9 Å². The van der Waals surface area contributed by atoms with Crippen LogP contribution < -0.4 is 0 Å². The number of ether oxygens (including phenoxy) is 1. The van der Waals surface area contributed by atoms with Gasteiger partial charge in [-0.05, 0) is 22.0 Å². The molecule has 0 aromatic carbocycles. The minimum absolute atomic E-state index is 0.0782. The molecule has 78 valence electrons. The fourth-order valence-corrected chi connectivity index (χ4v) is 1.65. The Hall–Kier alpha value is -1.43. The van der Waals surface area contributed by atoms with Gasteiger partial charge in [0.05, 0.1) is 7.11 Å². The third-order valence-corrected chi connectivity index (χ3v) is 2.30. The Morgan fingerprint density at radius 2 is 2.33 bits per heavy atom. The smallest absolute Gasteiger partial charge is 0.358 e. The van der Waals surface area contributed by atoms with Crippen molar-refractivity contribution in [2.24, 2.45) is 0 Å². The van der Waals surface area contributed by atoms with Crippen LogP contribution in [0, 0.1) is 5.82 Å². The Bertz CT molecular complexity index is 538. The third-order valence-electron chi connectivity index (χ3n) is 1.87. The largest absolute Gasteiger partial charge is 0.464 e. The summed E-state index contributed by atoms with van der Waals surface area (Å²) >= 11 is 3.14. The molecule has 4 nitrogen and oxygen atoms in total. The molecule has 2 rings (SSSR count). The molecule has 0 amide bonds. The van der Waals surface area contributed by atoms with Crippen molar-refractivity contribution in [3.05, 3.63) is 34.4 Å². The van der Waals surface area contributed by atoms with Crippen LogP contribution in [0.15, 0.2) is 22.9 Å². The van der Waals surface area contributed by atoms with E-state index in [1.54, 1.807) is 6.20 Å². The summed E-state index contributed by atoms with van der Waals surface area (Å²) in [5.41, 5.74) is 0.174. The molecule has 2 heterocycles. The number of halogens is 2. The number of carbonyl (C=O) groups is 1. The van der Waals surface area contributed by atoms with Crippen LogP contribution in [-0.2, 0) is 4.74 Å². The second-order valence-electron chi connectivity index (χ2n) is 2.85. The first kappa shape index (κ1) is 10.1. The van der Waals surface area contributed by atoms with Crippen molar-refractivity contribution in [2.45, 2.75) is 0 Å². The van der Waals surface area contributed by atoms with Crippen LogP contribution in [0.5, 0.6) is 0 Å². The maximum absolute atomic E-state index is 13.4. The maximum Gasteiger partial charge on any atom is 0.358 e. The van der Waals surface area contributed by atoms with Crippen molar-refractivity contribution >= 4 is 27.5 Å². The second-order valence-corrected chi connectivity index (χ2v) is 3.77. The summed E-state index contributed by atoms with van der Waals surface area (Å²) in [6.45, 7) is 0. The Kier molecular flexibility index (Phi) is 2.44. The molecular formula is C9H6BrFN2O2. The minimum Gasteiger partial charge on any atom is -0.464 e. The van der Waals surface area contributed by atoms with Gasteiger partial charge in [-0.15, -0.1) is 0 Å². The number of carbonyl (C=O) groups excluding carboxylic acids is 1. The van der Waals surface area contributed by atoms with Crippen LogP contribution in [0.4, 0.5) is 4.39 Å². The fraction of sp³-hybridized carbons (Fsp3) is 0.111. The summed E-state index contributed by atoms with van der Waals surface area (Å²) in [7, 11) is 1.25. The molecule has 0 fully saturated rings. The van der Waals surface area contributed by atoms with Gasteiger partial charge in [0, 0.05) is 16.9 Å². The summed E-state index contributed by atoms with van der Waals surface area (Å²) in [6.07, 6.45) is 3.02. The van der Waals surface area contributed by atoms with Crippen LogP contribution in [0.2, 0.25) is 0 Å². The number of esters is 1. The van der Waals surface area contributed by atoms with Crippen molar-refractivity contribution in [2.75, 3.05) is 7.11 Å². The van der Waals surface area contributed by atoms with E-state index in [1.165, 1.54) is 23.8 Å². The summed E-state index contributed by atoms with van der Waals surface area (Å²) < 4.78 is 19.8. The molecule has 0 radical (unpaired) electrons. The standard InChI is InChI=1S/C9H6BrFN2O2/c1-15-9(14)7-4-13-3-5(10)2-6(11)8(13)12-7/h2-4H,1H3. The van der Waals surface area contributed by atoms with Gasteiger partial charge < -0.3 is 9.14 Å². The molecule has 0 saturated heterocycles. The summed E-state index contributed by atoms with van der Waals surface area (Å²) in [5, 5.41) is 0. The van der Waals surface area contributed by atoms with E-state index in [2.05, 4.69) is 25.7 Å². The zero-order valence-corrected chi connectivity index (χ0v) is 9.28. The van der Waals surface area contributed by atoms with Gasteiger partial charge >= 0.3 is 5.97 Å². The van der Waals surface area contributed by atoms with Gasteiger partial charge in [0.1, 0.15) is 0 Å². The summed E-state index contributed by atoms with van der Waals surface area (Å²) in [6, 6.07) is 1.28. The van der Waals surface area contributed by atoms with Crippen LogP contribution in [0.25, 0.3) is 5.65 Å². The van der Waals surface area contributed by atoms with Gasteiger partial charge in [-0.2, -0.15) is 0 Å². The molecule has 0 aliphatic heterocycles. The van der Waals surface area contributed by atoms with Gasteiger partial charge in [0.2, 0.25) is 0 Å². The molecule has 0 aliphatic carbocycles. The molecular weight excluding hydrogens is 267 g/mol. The summed E-state index contributed by atoms with van der Waals surface area (Å²) in [4.78, 5) is 15.0. The zero-order valence-electron chi connectivity index (χ0n) is 7.70. The normalized spacial score (nSPS) is 10.6. The SMILES string of the molecule is COC(=O)c1cn2cc(Br)cc(F)c2n1. The molecule has 15 heavy (non-hydrogen) atoms.